The SMILES string of the molecule is Cc1c(NC(=O)CC2COCCN2)cccc1OCC(F)(F)F.Cl. The summed E-state index contributed by atoms with van der Waals surface area (Å²) in [5, 5.41) is 5.86. The Morgan fingerprint density at radius 1 is 1.46 bits per heavy atom. The van der Waals surface area contributed by atoms with Crippen LogP contribution in [0.4, 0.5) is 18.9 Å². The van der Waals surface area contributed by atoms with E-state index in [0.29, 0.717) is 31.0 Å². The first kappa shape index (κ1) is 20.5. The molecule has 1 saturated heterocycles. The van der Waals surface area contributed by atoms with E-state index < -0.39 is 12.8 Å². The number of nitrogens with one attached hydrogen (secondary N) is 2. The van der Waals surface area contributed by atoms with Gasteiger partial charge in [0.1, 0.15) is 5.75 Å². The van der Waals surface area contributed by atoms with Crippen LogP contribution in [0.1, 0.15) is 12.0 Å². The van der Waals surface area contributed by atoms with Crippen LogP contribution >= 0.6 is 12.4 Å². The molecular formula is C15H20ClF3N2O3. The second-order valence-electron chi connectivity index (χ2n) is 5.31. The molecule has 9 heteroatoms. The topological polar surface area (TPSA) is 59.6 Å². The summed E-state index contributed by atoms with van der Waals surface area (Å²) >= 11 is 0. The van der Waals surface area contributed by atoms with Crippen molar-refractivity contribution in [3.63, 3.8) is 0 Å². The first-order valence-corrected chi connectivity index (χ1v) is 7.25. The minimum Gasteiger partial charge on any atom is -0.484 e. The van der Waals surface area contributed by atoms with Gasteiger partial charge in [0, 0.05) is 30.3 Å². The molecule has 136 valence electrons. The Kier molecular flexibility index (Phi) is 7.78. The fourth-order valence-corrected chi connectivity index (χ4v) is 2.24. The molecule has 1 aromatic carbocycles. The van der Waals surface area contributed by atoms with E-state index in [2.05, 4.69) is 10.6 Å². The van der Waals surface area contributed by atoms with Crippen molar-refractivity contribution in [1.29, 1.82) is 0 Å². The van der Waals surface area contributed by atoms with Crippen LogP contribution in [0.15, 0.2) is 18.2 Å². The van der Waals surface area contributed by atoms with Gasteiger partial charge in [0.05, 0.1) is 13.2 Å². The number of amides is 1. The van der Waals surface area contributed by atoms with Crippen LogP contribution in [0.3, 0.4) is 0 Å². The lowest BCUT2D eigenvalue weighted by Crippen LogP contribution is -2.43. The number of hydrogen-bond donors (Lipinski definition) is 2. The number of morpholine rings is 1. The van der Waals surface area contributed by atoms with Gasteiger partial charge in [0.25, 0.3) is 0 Å². The van der Waals surface area contributed by atoms with Crippen LogP contribution in [0.2, 0.25) is 0 Å². The summed E-state index contributed by atoms with van der Waals surface area (Å²) in [5.74, 6) is -0.136. The fourth-order valence-electron chi connectivity index (χ4n) is 2.24. The Morgan fingerprint density at radius 2 is 2.21 bits per heavy atom. The highest BCUT2D eigenvalue weighted by Gasteiger charge is 2.28. The summed E-state index contributed by atoms with van der Waals surface area (Å²) in [6.07, 6.45) is -4.18. The molecule has 5 nitrogen and oxygen atoms in total. The number of anilines is 1. The Morgan fingerprint density at radius 3 is 2.83 bits per heavy atom. The van der Waals surface area contributed by atoms with Gasteiger partial charge < -0.3 is 20.1 Å². The minimum atomic E-state index is -4.40. The molecule has 1 atom stereocenters. The first-order valence-electron chi connectivity index (χ1n) is 7.25. The maximum absolute atomic E-state index is 12.2. The van der Waals surface area contributed by atoms with E-state index in [1.165, 1.54) is 12.1 Å². The van der Waals surface area contributed by atoms with Gasteiger partial charge in [0.15, 0.2) is 6.61 Å². The quantitative estimate of drug-likeness (QED) is 0.839. The van der Waals surface area contributed by atoms with Crippen molar-refractivity contribution < 1.29 is 27.4 Å². The molecule has 0 aliphatic carbocycles. The molecule has 0 spiro atoms. The smallest absolute Gasteiger partial charge is 0.422 e. The third-order valence-corrected chi connectivity index (χ3v) is 3.38. The van der Waals surface area contributed by atoms with E-state index in [0.717, 1.165) is 0 Å². The molecule has 1 unspecified atom stereocenters. The molecule has 1 amide bonds. The molecular weight excluding hydrogens is 349 g/mol. The average Bonchev–Trinajstić information content (AvgIpc) is 2.48. The highest BCUT2D eigenvalue weighted by Crippen LogP contribution is 2.27. The van der Waals surface area contributed by atoms with E-state index in [1.807, 2.05) is 0 Å². The Bertz CT molecular complexity index is 549. The van der Waals surface area contributed by atoms with Crippen LogP contribution in [-0.4, -0.2) is 44.5 Å². The van der Waals surface area contributed by atoms with E-state index in [9.17, 15) is 18.0 Å². The summed E-state index contributed by atoms with van der Waals surface area (Å²) in [4.78, 5) is 12.0. The lowest BCUT2D eigenvalue weighted by Gasteiger charge is -2.23. The molecule has 24 heavy (non-hydrogen) atoms. The summed E-state index contributed by atoms with van der Waals surface area (Å²) in [6.45, 7) is 2.01. The first-order chi connectivity index (χ1) is 10.8. The van der Waals surface area contributed by atoms with Crippen LogP contribution in [-0.2, 0) is 9.53 Å². The maximum Gasteiger partial charge on any atom is 0.422 e. The third-order valence-electron chi connectivity index (χ3n) is 3.38. The number of benzene rings is 1. The Labute approximate surface area is 144 Å². The largest absolute Gasteiger partial charge is 0.484 e. The van der Waals surface area contributed by atoms with Gasteiger partial charge in [-0.15, -0.1) is 12.4 Å². The molecule has 2 N–H and O–H groups in total. The van der Waals surface area contributed by atoms with Crippen LogP contribution < -0.4 is 15.4 Å². The van der Waals surface area contributed by atoms with E-state index in [4.69, 9.17) is 9.47 Å². The number of halogens is 4. The van der Waals surface area contributed by atoms with Gasteiger partial charge >= 0.3 is 6.18 Å². The lowest BCUT2D eigenvalue weighted by molar-refractivity contribution is -0.153. The molecule has 0 aromatic heterocycles. The van der Waals surface area contributed by atoms with Crippen LogP contribution in [0.5, 0.6) is 5.75 Å². The summed E-state index contributed by atoms with van der Waals surface area (Å²) in [6, 6.07) is 4.54. The molecule has 0 bridgehead atoms. The van der Waals surface area contributed by atoms with E-state index in [-0.39, 0.29) is 36.5 Å². The van der Waals surface area contributed by atoms with Gasteiger partial charge in [-0.25, -0.2) is 0 Å². The van der Waals surface area contributed by atoms with Crippen molar-refractivity contribution in [2.75, 3.05) is 31.7 Å². The van der Waals surface area contributed by atoms with E-state index in [1.54, 1.807) is 13.0 Å². The third kappa shape index (κ3) is 6.54. The van der Waals surface area contributed by atoms with Crippen molar-refractivity contribution >= 4 is 24.0 Å². The molecule has 1 fully saturated rings. The molecule has 1 aliphatic rings. The zero-order chi connectivity index (χ0) is 16.9. The summed E-state index contributed by atoms with van der Waals surface area (Å²) < 4.78 is 46.7. The average molecular weight is 369 g/mol. The van der Waals surface area contributed by atoms with Gasteiger partial charge in [0.2, 0.25) is 5.91 Å². The van der Waals surface area contributed by atoms with Crippen molar-refractivity contribution in [2.45, 2.75) is 25.6 Å². The zero-order valence-corrected chi connectivity index (χ0v) is 13.9. The van der Waals surface area contributed by atoms with Crippen LogP contribution in [0, 0.1) is 6.92 Å². The van der Waals surface area contributed by atoms with Crippen molar-refractivity contribution in [1.82, 2.24) is 5.32 Å². The summed E-state index contributed by atoms with van der Waals surface area (Å²) in [7, 11) is 0. The fraction of sp³-hybridized carbons (Fsp3) is 0.533. The number of carbonyl (C=O) groups excluding carboxylic acids is 1. The predicted molar refractivity (Wildman–Crippen MR) is 85.8 cm³/mol. The monoisotopic (exact) mass is 368 g/mol. The van der Waals surface area contributed by atoms with Crippen molar-refractivity contribution in [3.05, 3.63) is 23.8 Å². The second kappa shape index (κ2) is 9.10. The number of carbonyl (C=O) groups is 1. The zero-order valence-electron chi connectivity index (χ0n) is 13.1. The molecule has 2 rings (SSSR count). The standard InChI is InChI=1S/C15H19F3N2O3.ClH/c1-10-12(3-2-4-13(10)23-9-15(16,17)18)20-14(21)7-11-8-22-6-5-19-11;/h2-4,11,19H,5-9H2,1H3,(H,20,21);1H. The van der Waals surface area contributed by atoms with Crippen molar-refractivity contribution in [2.24, 2.45) is 0 Å². The highest BCUT2D eigenvalue weighted by molar-refractivity contribution is 5.92. The van der Waals surface area contributed by atoms with Crippen LogP contribution in [0.25, 0.3) is 0 Å². The number of hydrogen-bond acceptors (Lipinski definition) is 4. The van der Waals surface area contributed by atoms with Gasteiger partial charge in [-0.05, 0) is 19.1 Å². The van der Waals surface area contributed by atoms with Gasteiger partial charge in [-0.3, -0.25) is 4.79 Å². The molecule has 0 radical (unpaired) electrons. The molecule has 1 heterocycles. The Balaban J connectivity index is 0.00000288. The maximum atomic E-state index is 12.2. The Hall–Kier alpha value is -1.51. The van der Waals surface area contributed by atoms with Gasteiger partial charge in [-0.1, -0.05) is 6.07 Å². The second-order valence-corrected chi connectivity index (χ2v) is 5.31. The molecule has 1 aliphatic heterocycles. The predicted octanol–water partition coefficient (Wildman–Crippen LogP) is 2.67. The van der Waals surface area contributed by atoms with E-state index >= 15 is 0 Å². The highest BCUT2D eigenvalue weighted by atomic mass is 35.5. The number of rotatable bonds is 5. The van der Waals surface area contributed by atoms with Gasteiger partial charge in [-0.2, -0.15) is 13.2 Å². The number of ether oxygens (including phenoxy) is 2. The summed E-state index contributed by atoms with van der Waals surface area (Å²) in [5.41, 5.74) is 0.893. The number of alkyl halides is 3. The normalized spacial score (nSPS) is 17.8. The molecule has 1 aromatic rings. The minimum absolute atomic E-state index is 0. The lowest BCUT2D eigenvalue weighted by atomic mass is 10.1. The molecule has 0 saturated carbocycles. The van der Waals surface area contributed by atoms with Crippen molar-refractivity contribution in [3.8, 4) is 5.75 Å².